The molecule has 2 fully saturated rings. The van der Waals surface area contributed by atoms with E-state index in [2.05, 4.69) is 31.0 Å². The summed E-state index contributed by atoms with van der Waals surface area (Å²) in [6.45, 7) is 10.8. The lowest BCUT2D eigenvalue weighted by Gasteiger charge is -2.41. The van der Waals surface area contributed by atoms with Crippen LogP contribution in [0, 0.1) is 0 Å². The van der Waals surface area contributed by atoms with E-state index < -0.39 is 0 Å². The fraction of sp³-hybridized carbons (Fsp3) is 1.00. The van der Waals surface area contributed by atoms with Crippen molar-refractivity contribution in [1.29, 1.82) is 0 Å². The first kappa shape index (κ1) is 12.3. The minimum absolute atomic E-state index is 0.0501. The van der Waals surface area contributed by atoms with Crippen LogP contribution in [0.2, 0.25) is 0 Å². The molecule has 2 rings (SSSR count). The van der Waals surface area contributed by atoms with Crippen LogP contribution in [0.3, 0.4) is 0 Å². The third-order valence-corrected chi connectivity index (χ3v) is 3.87. The van der Waals surface area contributed by atoms with Crippen molar-refractivity contribution in [1.82, 2.24) is 10.2 Å². The summed E-state index contributed by atoms with van der Waals surface area (Å²) in [4.78, 5) is 2.64. The lowest BCUT2D eigenvalue weighted by molar-refractivity contribution is -0.0965. The van der Waals surface area contributed by atoms with Gasteiger partial charge in [-0.3, -0.25) is 4.90 Å². The molecular weight excluding hydrogens is 200 g/mol. The number of rotatable bonds is 3. The maximum absolute atomic E-state index is 5.77. The van der Waals surface area contributed by atoms with Crippen LogP contribution in [0.15, 0.2) is 0 Å². The second-order valence-electron chi connectivity index (χ2n) is 5.80. The lowest BCUT2D eigenvalue weighted by atomic mass is 10.0. The summed E-state index contributed by atoms with van der Waals surface area (Å²) in [6.07, 6.45) is 4.02. The van der Waals surface area contributed by atoms with Gasteiger partial charge in [0.1, 0.15) is 0 Å². The van der Waals surface area contributed by atoms with E-state index in [0.29, 0.717) is 0 Å². The second-order valence-corrected chi connectivity index (χ2v) is 5.80. The Morgan fingerprint density at radius 3 is 2.88 bits per heavy atom. The van der Waals surface area contributed by atoms with Gasteiger partial charge in [0.25, 0.3) is 0 Å². The van der Waals surface area contributed by atoms with E-state index in [4.69, 9.17) is 4.74 Å². The summed E-state index contributed by atoms with van der Waals surface area (Å²) in [5.41, 5.74) is 0.0501. The van der Waals surface area contributed by atoms with Crippen molar-refractivity contribution in [2.75, 3.05) is 26.2 Å². The van der Waals surface area contributed by atoms with Crippen molar-refractivity contribution >= 4 is 0 Å². The van der Waals surface area contributed by atoms with Crippen LogP contribution in [-0.4, -0.2) is 48.8 Å². The molecule has 1 aliphatic carbocycles. The Kier molecular flexibility index (Phi) is 3.88. The molecule has 1 heterocycles. The fourth-order valence-electron chi connectivity index (χ4n) is 3.13. The number of nitrogens with zero attached hydrogens (tertiary/aromatic N) is 1. The largest absolute Gasteiger partial charge is 0.373 e. The molecule has 0 aromatic carbocycles. The summed E-state index contributed by atoms with van der Waals surface area (Å²) in [6, 6.07) is 1.54. The van der Waals surface area contributed by atoms with Gasteiger partial charge in [0.05, 0.1) is 12.2 Å². The summed E-state index contributed by atoms with van der Waals surface area (Å²) < 4.78 is 5.77. The molecule has 0 bridgehead atoms. The molecule has 3 heteroatoms. The molecule has 3 nitrogen and oxygen atoms in total. The summed E-state index contributed by atoms with van der Waals surface area (Å²) in [5, 5.41) is 3.58. The maximum Gasteiger partial charge on any atom is 0.0753 e. The molecule has 0 aromatic heterocycles. The van der Waals surface area contributed by atoms with Crippen LogP contribution in [0.4, 0.5) is 0 Å². The predicted octanol–water partition coefficient (Wildman–Crippen LogP) is 1.63. The van der Waals surface area contributed by atoms with E-state index in [9.17, 15) is 0 Å². The van der Waals surface area contributed by atoms with Crippen molar-refractivity contribution in [3.8, 4) is 0 Å². The van der Waals surface area contributed by atoms with Crippen LogP contribution in [0.25, 0.3) is 0 Å². The van der Waals surface area contributed by atoms with E-state index in [1.54, 1.807) is 0 Å². The average Bonchev–Trinajstić information content (AvgIpc) is 2.65. The monoisotopic (exact) mass is 226 g/mol. The van der Waals surface area contributed by atoms with Gasteiger partial charge in [-0.1, -0.05) is 6.92 Å². The Hall–Kier alpha value is -0.120. The molecule has 0 spiro atoms. The third-order valence-electron chi connectivity index (χ3n) is 3.87. The number of morpholine rings is 1. The summed E-state index contributed by atoms with van der Waals surface area (Å²) in [5.74, 6) is 0. The standard InChI is InChI=1S/C13H26N2O/c1-4-14-11-5-6-12(9-11)15-7-8-16-13(2,3)10-15/h11-12,14H,4-10H2,1-3H3. The quantitative estimate of drug-likeness (QED) is 0.791. The van der Waals surface area contributed by atoms with Crippen LogP contribution in [0.1, 0.15) is 40.0 Å². The van der Waals surface area contributed by atoms with Crippen LogP contribution in [-0.2, 0) is 4.74 Å². The fourth-order valence-corrected chi connectivity index (χ4v) is 3.13. The van der Waals surface area contributed by atoms with E-state index in [1.165, 1.54) is 19.3 Å². The van der Waals surface area contributed by atoms with Gasteiger partial charge in [-0.2, -0.15) is 0 Å². The number of ether oxygens (including phenoxy) is 1. The molecule has 16 heavy (non-hydrogen) atoms. The molecule has 0 amide bonds. The van der Waals surface area contributed by atoms with Crippen molar-refractivity contribution in [2.24, 2.45) is 0 Å². The number of nitrogens with one attached hydrogen (secondary N) is 1. The molecule has 94 valence electrons. The molecular formula is C13H26N2O. The van der Waals surface area contributed by atoms with Crippen LogP contribution >= 0.6 is 0 Å². The highest BCUT2D eigenvalue weighted by Gasteiger charge is 2.34. The topological polar surface area (TPSA) is 24.5 Å². The zero-order valence-electron chi connectivity index (χ0n) is 11.0. The first-order chi connectivity index (χ1) is 7.61. The van der Waals surface area contributed by atoms with Crippen LogP contribution < -0.4 is 5.32 Å². The molecule has 1 aliphatic heterocycles. The van der Waals surface area contributed by atoms with Crippen molar-refractivity contribution in [3.63, 3.8) is 0 Å². The molecule has 2 aliphatic rings. The van der Waals surface area contributed by atoms with Crippen molar-refractivity contribution < 1.29 is 4.74 Å². The zero-order chi connectivity index (χ0) is 11.6. The molecule has 1 N–H and O–H groups in total. The van der Waals surface area contributed by atoms with Gasteiger partial charge in [-0.15, -0.1) is 0 Å². The van der Waals surface area contributed by atoms with Crippen LogP contribution in [0.5, 0.6) is 0 Å². The normalized spacial score (nSPS) is 35.4. The van der Waals surface area contributed by atoms with Gasteiger partial charge in [-0.25, -0.2) is 0 Å². The number of hydrogen-bond donors (Lipinski definition) is 1. The molecule has 0 aromatic rings. The molecule has 2 atom stereocenters. The Labute approximate surface area is 99.5 Å². The smallest absolute Gasteiger partial charge is 0.0753 e. The third kappa shape index (κ3) is 2.96. The van der Waals surface area contributed by atoms with E-state index in [0.717, 1.165) is 38.3 Å². The molecule has 2 unspecified atom stereocenters. The minimum atomic E-state index is 0.0501. The summed E-state index contributed by atoms with van der Waals surface area (Å²) in [7, 11) is 0. The zero-order valence-corrected chi connectivity index (χ0v) is 11.0. The van der Waals surface area contributed by atoms with Gasteiger partial charge in [0.15, 0.2) is 0 Å². The highest BCUT2D eigenvalue weighted by molar-refractivity contribution is 4.90. The van der Waals surface area contributed by atoms with Gasteiger partial charge in [-0.05, 0) is 39.7 Å². The van der Waals surface area contributed by atoms with Gasteiger partial charge >= 0.3 is 0 Å². The molecule has 1 saturated heterocycles. The second kappa shape index (κ2) is 5.03. The Bertz CT molecular complexity index is 230. The maximum atomic E-state index is 5.77. The molecule has 1 saturated carbocycles. The highest BCUT2D eigenvalue weighted by atomic mass is 16.5. The van der Waals surface area contributed by atoms with E-state index >= 15 is 0 Å². The van der Waals surface area contributed by atoms with E-state index in [-0.39, 0.29) is 5.60 Å². The highest BCUT2D eigenvalue weighted by Crippen LogP contribution is 2.28. The average molecular weight is 226 g/mol. The van der Waals surface area contributed by atoms with Crippen molar-refractivity contribution in [3.05, 3.63) is 0 Å². The van der Waals surface area contributed by atoms with Gasteiger partial charge in [0.2, 0.25) is 0 Å². The lowest BCUT2D eigenvalue weighted by Crippen LogP contribution is -2.51. The Morgan fingerprint density at radius 2 is 2.19 bits per heavy atom. The van der Waals surface area contributed by atoms with Crippen molar-refractivity contribution in [2.45, 2.75) is 57.7 Å². The van der Waals surface area contributed by atoms with Gasteiger partial charge in [0, 0.05) is 25.2 Å². The SMILES string of the molecule is CCNC1CCC(N2CCOC(C)(C)C2)C1. The van der Waals surface area contributed by atoms with Gasteiger partial charge < -0.3 is 10.1 Å². The Balaban J connectivity index is 1.84. The minimum Gasteiger partial charge on any atom is -0.373 e. The summed E-state index contributed by atoms with van der Waals surface area (Å²) >= 11 is 0. The first-order valence-electron chi connectivity index (χ1n) is 6.72. The predicted molar refractivity (Wildman–Crippen MR) is 66.7 cm³/mol. The van der Waals surface area contributed by atoms with E-state index in [1.807, 2.05) is 0 Å². The Morgan fingerprint density at radius 1 is 1.38 bits per heavy atom. The number of hydrogen-bond acceptors (Lipinski definition) is 3. The molecule has 0 radical (unpaired) electrons. The first-order valence-corrected chi connectivity index (χ1v) is 6.72.